The summed E-state index contributed by atoms with van der Waals surface area (Å²) in [6, 6.07) is 14.3. The normalized spacial score (nSPS) is 10.9. The summed E-state index contributed by atoms with van der Waals surface area (Å²) in [5, 5.41) is 3.97. The van der Waals surface area contributed by atoms with E-state index in [1.165, 1.54) is 10.3 Å². The number of unbranched alkanes of at least 4 members (excludes halogenated alkanes) is 2. The molecule has 0 saturated heterocycles. The molecule has 0 radical (unpaired) electrons. The number of nitrogens with one attached hydrogen (secondary N) is 1. The first-order valence-electron chi connectivity index (χ1n) is 8.43. The van der Waals surface area contributed by atoms with Crippen LogP contribution in [0.15, 0.2) is 42.5 Å². The molecule has 0 aliphatic rings. The lowest BCUT2D eigenvalue weighted by Gasteiger charge is -2.05. The molecule has 4 heteroatoms. The van der Waals surface area contributed by atoms with Gasteiger partial charge in [0.15, 0.2) is 0 Å². The number of carbonyl (C=O) groups is 1. The molecule has 24 heavy (non-hydrogen) atoms. The van der Waals surface area contributed by atoms with Gasteiger partial charge in [0.05, 0.1) is 10.2 Å². The van der Waals surface area contributed by atoms with E-state index in [1.54, 1.807) is 11.3 Å². The number of carbonyl (C=O) groups excluding carboxylic acids is 1. The van der Waals surface area contributed by atoms with Crippen LogP contribution in [0.2, 0.25) is 0 Å². The zero-order valence-electron chi connectivity index (χ0n) is 14.1. The van der Waals surface area contributed by atoms with Crippen LogP contribution in [0.1, 0.15) is 38.2 Å². The van der Waals surface area contributed by atoms with Crippen molar-refractivity contribution in [3.8, 4) is 10.6 Å². The summed E-state index contributed by atoms with van der Waals surface area (Å²) in [5.74, 6) is 0.0895. The van der Waals surface area contributed by atoms with Crippen LogP contribution in [0.4, 0.5) is 5.69 Å². The molecule has 0 spiro atoms. The third-order valence-corrected chi connectivity index (χ3v) is 5.03. The van der Waals surface area contributed by atoms with Crippen molar-refractivity contribution in [3.63, 3.8) is 0 Å². The Balaban J connectivity index is 1.70. The van der Waals surface area contributed by atoms with Gasteiger partial charge >= 0.3 is 0 Å². The molecule has 124 valence electrons. The molecule has 1 N–H and O–H groups in total. The number of aromatic nitrogens is 1. The molecule has 0 fully saturated rings. The van der Waals surface area contributed by atoms with Gasteiger partial charge in [0, 0.05) is 17.7 Å². The molecule has 3 rings (SSSR count). The number of nitrogens with zero attached hydrogens (tertiary/aromatic N) is 1. The van der Waals surface area contributed by atoms with E-state index in [4.69, 9.17) is 4.98 Å². The Morgan fingerprint density at radius 1 is 1.12 bits per heavy atom. The van der Waals surface area contributed by atoms with Crippen LogP contribution in [0.25, 0.3) is 20.8 Å². The summed E-state index contributed by atoms with van der Waals surface area (Å²) < 4.78 is 1.21. The lowest BCUT2D eigenvalue weighted by Crippen LogP contribution is -2.10. The van der Waals surface area contributed by atoms with Crippen molar-refractivity contribution in [2.24, 2.45) is 0 Å². The number of rotatable bonds is 6. The molecule has 0 unspecified atom stereocenters. The van der Waals surface area contributed by atoms with E-state index >= 15 is 0 Å². The molecular formula is C20H22N2OS. The fourth-order valence-corrected chi connectivity index (χ4v) is 3.68. The molecule has 1 aromatic heterocycles. The van der Waals surface area contributed by atoms with Crippen molar-refractivity contribution in [2.75, 3.05) is 5.32 Å². The Morgan fingerprint density at radius 3 is 2.67 bits per heavy atom. The molecule has 0 atom stereocenters. The number of amides is 1. The maximum Gasteiger partial charge on any atom is 0.224 e. The van der Waals surface area contributed by atoms with Gasteiger partial charge in [-0.2, -0.15) is 0 Å². The molecule has 0 aliphatic heterocycles. The number of anilines is 1. The number of benzene rings is 2. The highest BCUT2D eigenvalue weighted by Gasteiger charge is 2.07. The summed E-state index contributed by atoms with van der Waals surface area (Å²) in [6.45, 7) is 4.23. The molecule has 1 heterocycles. The van der Waals surface area contributed by atoms with Gasteiger partial charge in [0.2, 0.25) is 5.91 Å². The second-order valence-electron chi connectivity index (χ2n) is 6.07. The minimum absolute atomic E-state index is 0.0895. The monoisotopic (exact) mass is 338 g/mol. The molecule has 0 bridgehead atoms. The van der Waals surface area contributed by atoms with Crippen molar-refractivity contribution in [2.45, 2.75) is 39.5 Å². The highest BCUT2D eigenvalue weighted by Crippen LogP contribution is 2.31. The lowest BCUT2D eigenvalue weighted by atomic mass is 10.2. The SMILES string of the molecule is CCCCCC(=O)Nc1ccc(-c2nc3ccc(C)cc3s2)cc1. The largest absolute Gasteiger partial charge is 0.326 e. The van der Waals surface area contributed by atoms with E-state index in [-0.39, 0.29) is 5.91 Å². The first-order chi connectivity index (χ1) is 11.7. The van der Waals surface area contributed by atoms with E-state index in [0.29, 0.717) is 6.42 Å². The van der Waals surface area contributed by atoms with Crippen LogP contribution < -0.4 is 5.32 Å². The minimum Gasteiger partial charge on any atom is -0.326 e. The Kier molecular flexibility index (Phi) is 5.26. The van der Waals surface area contributed by atoms with Crippen LogP contribution in [-0.4, -0.2) is 10.9 Å². The van der Waals surface area contributed by atoms with Crippen LogP contribution >= 0.6 is 11.3 Å². The summed E-state index contributed by atoms with van der Waals surface area (Å²) in [7, 11) is 0. The predicted octanol–water partition coefficient (Wildman–Crippen LogP) is 5.79. The third kappa shape index (κ3) is 4.01. The van der Waals surface area contributed by atoms with Crippen molar-refractivity contribution >= 4 is 33.1 Å². The molecule has 0 saturated carbocycles. The molecule has 3 aromatic rings. The highest BCUT2D eigenvalue weighted by molar-refractivity contribution is 7.21. The minimum atomic E-state index is 0.0895. The Bertz CT molecular complexity index is 836. The maximum absolute atomic E-state index is 11.9. The zero-order valence-corrected chi connectivity index (χ0v) is 15.0. The van der Waals surface area contributed by atoms with E-state index in [2.05, 4.69) is 37.4 Å². The van der Waals surface area contributed by atoms with Crippen molar-refractivity contribution < 1.29 is 4.79 Å². The van der Waals surface area contributed by atoms with E-state index < -0.39 is 0 Å². The zero-order chi connectivity index (χ0) is 16.9. The van der Waals surface area contributed by atoms with Gasteiger partial charge < -0.3 is 5.32 Å². The molecular weight excluding hydrogens is 316 g/mol. The van der Waals surface area contributed by atoms with Crippen molar-refractivity contribution in [1.29, 1.82) is 0 Å². The fraction of sp³-hybridized carbons (Fsp3) is 0.300. The van der Waals surface area contributed by atoms with Gasteiger partial charge in [-0.3, -0.25) is 4.79 Å². The van der Waals surface area contributed by atoms with Gasteiger partial charge in [-0.15, -0.1) is 11.3 Å². The fourth-order valence-electron chi connectivity index (χ4n) is 2.61. The first kappa shape index (κ1) is 16.7. The van der Waals surface area contributed by atoms with E-state index in [1.807, 2.05) is 24.3 Å². The number of fused-ring (bicyclic) bond motifs is 1. The molecule has 3 nitrogen and oxygen atoms in total. The van der Waals surface area contributed by atoms with Crippen LogP contribution in [0.3, 0.4) is 0 Å². The van der Waals surface area contributed by atoms with Gasteiger partial charge in [-0.05, 0) is 55.3 Å². The number of thiazole rings is 1. The summed E-state index contributed by atoms with van der Waals surface area (Å²) >= 11 is 1.70. The van der Waals surface area contributed by atoms with E-state index in [9.17, 15) is 4.79 Å². The second-order valence-corrected chi connectivity index (χ2v) is 7.10. The van der Waals surface area contributed by atoms with Gasteiger partial charge in [0.25, 0.3) is 0 Å². The predicted molar refractivity (Wildman–Crippen MR) is 103 cm³/mol. The van der Waals surface area contributed by atoms with Crippen LogP contribution in [0.5, 0.6) is 0 Å². The lowest BCUT2D eigenvalue weighted by molar-refractivity contribution is -0.116. The Labute approximate surface area is 146 Å². The average Bonchev–Trinajstić information content (AvgIpc) is 2.99. The topological polar surface area (TPSA) is 42.0 Å². The molecule has 2 aromatic carbocycles. The molecule has 0 aliphatic carbocycles. The highest BCUT2D eigenvalue weighted by atomic mass is 32.1. The standard InChI is InChI=1S/C20H22N2OS/c1-3-4-5-6-19(23)21-16-10-8-15(9-11-16)20-22-17-12-7-14(2)13-18(17)24-20/h7-13H,3-6H2,1-2H3,(H,21,23). The van der Waals surface area contributed by atoms with Gasteiger partial charge in [0.1, 0.15) is 5.01 Å². The summed E-state index contributed by atoms with van der Waals surface area (Å²) in [4.78, 5) is 16.6. The van der Waals surface area contributed by atoms with Crippen LogP contribution in [-0.2, 0) is 4.79 Å². The third-order valence-electron chi connectivity index (χ3n) is 3.97. The summed E-state index contributed by atoms with van der Waals surface area (Å²) in [6.07, 6.45) is 3.77. The summed E-state index contributed by atoms with van der Waals surface area (Å²) in [5.41, 5.74) is 4.21. The Morgan fingerprint density at radius 2 is 1.92 bits per heavy atom. The first-order valence-corrected chi connectivity index (χ1v) is 9.25. The van der Waals surface area contributed by atoms with Crippen LogP contribution in [0, 0.1) is 6.92 Å². The number of hydrogen-bond donors (Lipinski definition) is 1. The van der Waals surface area contributed by atoms with Gasteiger partial charge in [-0.25, -0.2) is 4.98 Å². The second kappa shape index (κ2) is 7.58. The molecule has 1 amide bonds. The van der Waals surface area contributed by atoms with Gasteiger partial charge in [-0.1, -0.05) is 25.8 Å². The smallest absolute Gasteiger partial charge is 0.224 e. The van der Waals surface area contributed by atoms with E-state index in [0.717, 1.165) is 41.0 Å². The number of hydrogen-bond acceptors (Lipinski definition) is 3. The average molecular weight is 338 g/mol. The quantitative estimate of drug-likeness (QED) is 0.578. The Hall–Kier alpha value is -2.20. The van der Waals surface area contributed by atoms with Crippen molar-refractivity contribution in [1.82, 2.24) is 4.98 Å². The van der Waals surface area contributed by atoms with Crippen molar-refractivity contribution in [3.05, 3.63) is 48.0 Å². The number of aryl methyl sites for hydroxylation is 1. The maximum atomic E-state index is 11.9.